The lowest BCUT2D eigenvalue weighted by Crippen LogP contribution is -2.18. The lowest BCUT2D eigenvalue weighted by Gasteiger charge is -2.10. The molecule has 1 atom stereocenters. The fourth-order valence-corrected chi connectivity index (χ4v) is 4.02. The normalized spacial score (nSPS) is 12.5. The molecule has 12 heteroatoms. The summed E-state index contributed by atoms with van der Waals surface area (Å²) in [5.41, 5.74) is 0.934. The number of benzene rings is 2. The summed E-state index contributed by atoms with van der Waals surface area (Å²) in [6.07, 6.45) is -5.52. The first-order chi connectivity index (χ1) is 14.8. The second-order valence-electron chi connectivity index (χ2n) is 6.14. The maximum absolute atomic E-state index is 13.5. The van der Waals surface area contributed by atoms with E-state index < -0.39 is 12.5 Å². The van der Waals surface area contributed by atoms with Crippen molar-refractivity contribution in [3.05, 3.63) is 59.9 Å². The maximum Gasteiger partial charge on any atom is 0.573 e. The molecule has 3 rings (SSSR count). The molecule has 166 valence electrons. The van der Waals surface area contributed by atoms with Crippen LogP contribution in [0, 0.1) is 5.82 Å². The van der Waals surface area contributed by atoms with Crippen LogP contribution in [-0.4, -0.2) is 40.1 Å². The van der Waals surface area contributed by atoms with Gasteiger partial charge in [-0.1, -0.05) is 41.3 Å². The summed E-state index contributed by atoms with van der Waals surface area (Å²) in [6, 6.07) is 11.5. The van der Waals surface area contributed by atoms with Crippen molar-refractivity contribution in [2.75, 3.05) is 17.7 Å². The Morgan fingerprint density at radius 1 is 1.10 bits per heavy atom. The number of ether oxygens (including phenoxy) is 2. The predicted molar refractivity (Wildman–Crippen MR) is 109 cm³/mol. The Hall–Kier alpha value is -2.41. The lowest BCUT2D eigenvalue weighted by atomic mass is 10.2. The molecule has 3 aromatic rings. The number of rotatable bonds is 10. The molecule has 1 unspecified atom stereocenters. The van der Waals surface area contributed by atoms with Gasteiger partial charge < -0.3 is 19.9 Å². The van der Waals surface area contributed by atoms with Crippen molar-refractivity contribution in [1.29, 1.82) is 0 Å². The van der Waals surface area contributed by atoms with E-state index in [9.17, 15) is 22.7 Å². The highest BCUT2D eigenvalue weighted by molar-refractivity contribution is 8.01. The minimum Gasteiger partial charge on any atom is -0.406 e. The number of aliphatic hydroxyl groups excluding tert-OH is 1. The molecule has 0 spiro atoms. The van der Waals surface area contributed by atoms with E-state index in [0.29, 0.717) is 26.5 Å². The molecule has 0 amide bonds. The van der Waals surface area contributed by atoms with Crippen molar-refractivity contribution in [2.45, 2.75) is 23.4 Å². The zero-order valence-electron chi connectivity index (χ0n) is 15.8. The van der Waals surface area contributed by atoms with Gasteiger partial charge in [0, 0.05) is 17.0 Å². The number of aliphatic hydroxyl groups is 1. The summed E-state index contributed by atoms with van der Waals surface area (Å²) in [6.45, 7) is 0.103. The molecule has 1 heterocycles. The highest BCUT2D eigenvalue weighted by Crippen LogP contribution is 2.29. The minimum atomic E-state index is -4.74. The third-order valence-corrected chi connectivity index (χ3v) is 5.79. The van der Waals surface area contributed by atoms with Crippen LogP contribution < -0.4 is 10.1 Å². The van der Waals surface area contributed by atoms with Gasteiger partial charge in [-0.25, -0.2) is 4.39 Å². The number of alkyl halides is 3. The Kier molecular flexibility index (Phi) is 8.07. The molecule has 31 heavy (non-hydrogen) atoms. The number of hydrogen-bond acceptors (Lipinski definition) is 8. The number of nitrogens with one attached hydrogen (secondary N) is 1. The zero-order chi connectivity index (χ0) is 22.3. The maximum atomic E-state index is 13.5. The molecule has 1 aromatic heterocycles. The van der Waals surface area contributed by atoms with Gasteiger partial charge in [0.15, 0.2) is 4.34 Å². The number of anilines is 2. The average Bonchev–Trinajstić information content (AvgIpc) is 3.16. The number of hydrogen-bond donors (Lipinski definition) is 2. The van der Waals surface area contributed by atoms with E-state index in [1.807, 2.05) is 0 Å². The van der Waals surface area contributed by atoms with Crippen molar-refractivity contribution in [3.8, 4) is 5.75 Å². The van der Waals surface area contributed by atoms with Crippen LogP contribution in [0.5, 0.6) is 5.75 Å². The molecule has 0 aliphatic heterocycles. The van der Waals surface area contributed by atoms with Crippen LogP contribution in [0.25, 0.3) is 0 Å². The summed E-state index contributed by atoms with van der Waals surface area (Å²) in [5, 5.41) is 21.3. The predicted octanol–water partition coefficient (Wildman–Crippen LogP) is 4.99. The SMILES string of the molecule is OC(COCc1ccccc1F)CSc1nnc(Nc2ccc(OC(F)(F)F)cc2)s1. The first-order valence-electron chi connectivity index (χ1n) is 8.87. The van der Waals surface area contributed by atoms with Crippen molar-refractivity contribution in [2.24, 2.45) is 0 Å². The van der Waals surface area contributed by atoms with Gasteiger partial charge in [0.1, 0.15) is 11.6 Å². The van der Waals surface area contributed by atoms with E-state index in [2.05, 4.69) is 20.3 Å². The molecule has 0 aliphatic carbocycles. The highest BCUT2D eigenvalue weighted by Gasteiger charge is 2.30. The summed E-state index contributed by atoms with van der Waals surface area (Å²) >= 11 is 2.50. The van der Waals surface area contributed by atoms with Gasteiger partial charge in [0.05, 0.1) is 19.3 Å². The van der Waals surface area contributed by atoms with E-state index in [4.69, 9.17) is 4.74 Å². The van der Waals surface area contributed by atoms with Crippen molar-refractivity contribution in [1.82, 2.24) is 10.2 Å². The molecule has 0 saturated heterocycles. The quantitative estimate of drug-likeness (QED) is 0.316. The molecule has 0 saturated carbocycles. The molecular formula is C19H17F4N3O3S2. The molecule has 2 N–H and O–H groups in total. The average molecular weight is 475 g/mol. The fraction of sp³-hybridized carbons (Fsp3) is 0.263. The molecule has 2 aromatic carbocycles. The van der Waals surface area contributed by atoms with Gasteiger partial charge in [-0.3, -0.25) is 0 Å². The lowest BCUT2D eigenvalue weighted by molar-refractivity contribution is -0.274. The topological polar surface area (TPSA) is 76.5 Å². The van der Waals surface area contributed by atoms with Crippen LogP contribution in [0.1, 0.15) is 5.56 Å². The molecular weight excluding hydrogens is 458 g/mol. The zero-order valence-corrected chi connectivity index (χ0v) is 17.4. The van der Waals surface area contributed by atoms with Gasteiger partial charge in [-0.2, -0.15) is 0 Å². The highest BCUT2D eigenvalue weighted by atomic mass is 32.2. The second kappa shape index (κ2) is 10.8. The smallest absolute Gasteiger partial charge is 0.406 e. The summed E-state index contributed by atoms with van der Waals surface area (Å²) < 4.78 is 59.8. The number of halogens is 4. The third kappa shape index (κ3) is 7.98. The van der Waals surface area contributed by atoms with Crippen LogP contribution in [0.2, 0.25) is 0 Å². The van der Waals surface area contributed by atoms with E-state index in [1.165, 1.54) is 53.4 Å². The fourth-order valence-electron chi connectivity index (χ4n) is 2.32. The summed E-state index contributed by atoms with van der Waals surface area (Å²) in [7, 11) is 0. The summed E-state index contributed by atoms with van der Waals surface area (Å²) in [4.78, 5) is 0. The first kappa shape index (κ1) is 23.3. The van der Waals surface area contributed by atoms with E-state index in [1.54, 1.807) is 18.2 Å². The number of aromatic nitrogens is 2. The molecule has 0 bridgehead atoms. The Balaban J connectivity index is 1.41. The van der Waals surface area contributed by atoms with E-state index in [0.717, 1.165) is 0 Å². The second-order valence-corrected chi connectivity index (χ2v) is 8.39. The van der Waals surface area contributed by atoms with Crippen molar-refractivity contribution >= 4 is 33.9 Å². The van der Waals surface area contributed by atoms with Crippen molar-refractivity contribution < 1.29 is 32.1 Å². The Morgan fingerprint density at radius 2 is 1.84 bits per heavy atom. The van der Waals surface area contributed by atoms with Gasteiger partial charge in [0.2, 0.25) is 5.13 Å². The minimum absolute atomic E-state index is 0.0393. The summed E-state index contributed by atoms with van der Waals surface area (Å²) in [5.74, 6) is -0.379. The van der Waals surface area contributed by atoms with Gasteiger partial charge in [0.25, 0.3) is 0 Å². The molecule has 0 aliphatic rings. The van der Waals surface area contributed by atoms with Crippen LogP contribution >= 0.6 is 23.1 Å². The van der Waals surface area contributed by atoms with Gasteiger partial charge >= 0.3 is 6.36 Å². The van der Waals surface area contributed by atoms with Crippen LogP contribution in [0.3, 0.4) is 0 Å². The number of thioether (sulfide) groups is 1. The van der Waals surface area contributed by atoms with Crippen LogP contribution in [0.15, 0.2) is 52.9 Å². The Bertz CT molecular complexity index is 971. The Labute approximate surface area is 183 Å². The molecule has 0 fully saturated rings. The van der Waals surface area contributed by atoms with Gasteiger partial charge in [-0.05, 0) is 30.3 Å². The monoisotopic (exact) mass is 475 g/mol. The standard InChI is InChI=1S/C19H17F4N3O3S2/c20-16-4-2-1-3-12(16)9-28-10-14(27)11-30-18-26-25-17(31-18)24-13-5-7-15(8-6-13)29-19(21,22)23/h1-8,14,27H,9-11H2,(H,24,25). The largest absolute Gasteiger partial charge is 0.573 e. The molecule has 6 nitrogen and oxygen atoms in total. The van der Waals surface area contributed by atoms with Crippen LogP contribution in [0.4, 0.5) is 28.4 Å². The van der Waals surface area contributed by atoms with Crippen molar-refractivity contribution in [3.63, 3.8) is 0 Å². The van der Waals surface area contributed by atoms with Gasteiger partial charge in [-0.15, -0.1) is 23.4 Å². The Morgan fingerprint density at radius 3 is 2.55 bits per heavy atom. The third-order valence-electron chi connectivity index (χ3n) is 3.67. The number of nitrogens with zero attached hydrogens (tertiary/aromatic N) is 2. The van der Waals surface area contributed by atoms with E-state index in [-0.39, 0.29) is 24.8 Å². The first-order valence-corrected chi connectivity index (χ1v) is 10.7. The molecule has 0 radical (unpaired) electrons. The van der Waals surface area contributed by atoms with Crippen LogP contribution in [-0.2, 0) is 11.3 Å². The van der Waals surface area contributed by atoms with E-state index >= 15 is 0 Å².